The Hall–Kier alpha value is -6.83. The molecule has 6 heterocycles. The van der Waals surface area contributed by atoms with Crippen molar-refractivity contribution in [1.82, 2.24) is 35.5 Å². The van der Waals surface area contributed by atoms with Gasteiger partial charge in [0, 0.05) is 121 Å². The van der Waals surface area contributed by atoms with E-state index in [2.05, 4.69) is 30.6 Å². The number of methoxy groups -OCH3 is 2. The number of nitrogens with zero attached hydrogens (tertiary/aromatic N) is 7. The molecule has 2 aromatic rings. The molecule has 3 amide bonds. The van der Waals surface area contributed by atoms with Crippen LogP contribution in [0, 0.1) is 35.5 Å². The maximum atomic E-state index is 14.7. The van der Waals surface area contributed by atoms with Crippen LogP contribution >= 0.6 is 0 Å². The fourth-order valence-corrected chi connectivity index (χ4v) is 12.9. The lowest BCUT2D eigenvalue weighted by Gasteiger charge is -2.42. The number of carbonyl (C=O) groups is 7. The van der Waals surface area contributed by atoms with Gasteiger partial charge in [-0.3, -0.25) is 24.0 Å². The molecule has 0 aromatic carbocycles. The molecule has 5 N–H and O–H groups in total. The number of allylic oxidation sites excluding steroid dienone is 6. The predicted octanol–water partition coefficient (Wildman–Crippen LogP) is 6.12. The Morgan fingerprint density at radius 3 is 2.09 bits per heavy atom. The van der Waals surface area contributed by atoms with Crippen LogP contribution < -0.4 is 20.4 Å². The van der Waals surface area contributed by atoms with Crippen molar-refractivity contribution in [2.45, 2.75) is 194 Å². The second-order valence-corrected chi connectivity index (χ2v) is 25.6. The first-order chi connectivity index (χ1) is 43.4. The Kier molecular flexibility index (Phi) is 26.5. The van der Waals surface area contributed by atoms with E-state index >= 15 is 0 Å². The van der Waals surface area contributed by atoms with Crippen LogP contribution in [0.4, 0.5) is 16.7 Å². The largest absolute Gasteiger partial charge is 0.460 e. The van der Waals surface area contributed by atoms with Gasteiger partial charge in [0.25, 0.3) is 17.6 Å². The van der Waals surface area contributed by atoms with Crippen molar-refractivity contribution in [2.24, 2.45) is 35.5 Å². The number of alkyl carbamates (subject to hydrolysis) is 1. The molecule has 500 valence electrons. The van der Waals surface area contributed by atoms with E-state index < -0.39 is 108 Å². The topological polar surface area (TPSA) is 312 Å². The van der Waals surface area contributed by atoms with Crippen LogP contribution in [0.2, 0.25) is 0 Å². The summed E-state index contributed by atoms with van der Waals surface area (Å²) in [6.07, 6.45) is 14.4. The highest BCUT2D eigenvalue weighted by Crippen LogP contribution is 2.38. The summed E-state index contributed by atoms with van der Waals surface area (Å²) < 4.78 is 30.3. The number of piperazine rings is 1. The van der Waals surface area contributed by atoms with E-state index in [0.29, 0.717) is 114 Å². The molecular formula is C67H97N9O15. The number of esters is 1. The fraction of sp³-hybridized carbons (Fsp3) is 0.657. The van der Waals surface area contributed by atoms with Crippen LogP contribution in [0.3, 0.4) is 0 Å². The molecule has 2 bridgehead atoms. The molecule has 4 fully saturated rings. The number of ether oxygens (including phenoxy) is 5. The summed E-state index contributed by atoms with van der Waals surface area (Å²) in [7, 11) is 3.10. The van der Waals surface area contributed by atoms with E-state index in [1.807, 2.05) is 67.9 Å². The van der Waals surface area contributed by atoms with Gasteiger partial charge in [0.15, 0.2) is 5.78 Å². The summed E-state index contributed by atoms with van der Waals surface area (Å²) in [6.45, 7) is 17.2. The number of cyclic esters (lactones) is 1. The van der Waals surface area contributed by atoms with Gasteiger partial charge in [0.1, 0.15) is 36.2 Å². The van der Waals surface area contributed by atoms with Crippen LogP contribution in [0.15, 0.2) is 72.4 Å². The summed E-state index contributed by atoms with van der Waals surface area (Å²) in [5.74, 6) is -8.39. The lowest BCUT2D eigenvalue weighted by molar-refractivity contribution is -0.265. The van der Waals surface area contributed by atoms with Crippen molar-refractivity contribution in [3.8, 4) is 0 Å². The zero-order chi connectivity index (χ0) is 66.1. The molecule has 1 saturated carbocycles. The predicted molar refractivity (Wildman–Crippen MR) is 338 cm³/mol. The average Bonchev–Trinajstić information content (AvgIpc) is 0.859. The Bertz CT molecular complexity index is 2930. The Labute approximate surface area is 535 Å². The van der Waals surface area contributed by atoms with E-state index in [-0.39, 0.29) is 61.5 Å². The van der Waals surface area contributed by atoms with Gasteiger partial charge in [0.05, 0.1) is 23.9 Å². The number of anilines is 2. The van der Waals surface area contributed by atoms with Gasteiger partial charge < -0.3 is 64.3 Å². The van der Waals surface area contributed by atoms with Crippen LogP contribution in [0.5, 0.6) is 0 Å². The van der Waals surface area contributed by atoms with E-state index in [1.165, 1.54) is 25.4 Å². The van der Waals surface area contributed by atoms with Gasteiger partial charge >= 0.3 is 12.1 Å². The molecule has 1 aliphatic carbocycles. The second kappa shape index (κ2) is 33.7. The van der Waals surface area contributed by atoms with E-state index in [1.54, 1.807) is 47.4 Å². The molecule has 0 unspecified atom stereocenters. The van der Waals surface area contributed by atoms with Crippen molar-refractivity contribution in [3.05, 3.63) is 83.5 Å². The Morgan fingerprint density at radius 2 is 1.44 bits per heavy atom. The van der Waals surface area contributed by atoms with Crippen molar-refractivity contribution in [2.75, 3.05) is 63.3 Å². The lowest BCUT2D eigenvalue weighted by Crippen LogP contribution is -2.61. The number of Topliss-reactive ketones (excluding diaryl/α,β-unsaturated/α-hetero) is 3. The number of aromatic nitrogens is 4. The minimum Gasteiger partial charge on any atom is -0.460 e. The maximum absolute atomic E-state index is 14.7. The molecule has 4 aliphatic heterocycles. The van der Waals surface area contributed by atoms with Gasteiger partial charge in [-0.15, -0.1) is 0 Å². The third kappa shape index (κ3) is 19.1. The van der Waals surface area contributed by atoms with Crippen molar-refractivity contribution in [1.29, 1.82) is 0 Å². The molecule has 3 saturated heterocycles. The minimum absolute atomic E-state index is 0.0340. The molecule has 5 aliphatic rings. The number of rotatable bonds is 12. The normalized spacial score (nSPS) is 33.0. The molecule has 24 nitrogen and oxygen atoms in total. The molecule has 0 radical (unpaired) electrons. The Morgan fingerprint density at radius 1 is 0.769 bits per heavy atom. The zero-order valence-corrected chi connectivity index (χ0v) is 54.7. The average molecular weight is 1270 g/mol. The highest BCUT2D eigenvalue weighted by Gasteiger charge is 2.53. The maximum Gasteiger partial charge on any atom is 0.407 e. The standard InChI is InChI=1S/C67H97N9O15/c1-11-68-61(82)49-38-71-65(72-39-49)75-27-25-74(26-28-75)64-69-35-48(36-70-64)37-73-66(85)90-53-23-21-47(32-56(53)88-10)31-43(5)55-34-52(77)42(4)30-45(7)58(79)59(80)57(78)44(6)29-40(2)17-13-12-14-18-41(3)54(87-9)33-50-22-20-46(8)67(86,91-50)60(81)62(83)76-24-16-15-19-51(76)63(84)89-55/h12-14,17-18,30,35-36,38-40,42-44,46-47,50-51,53-56,58-59,79-80,86H,11,15-16,19-29,31-34,37H2,1-10H3,(H,68,82)(H,73,85)/b14-12+,17-13+,41-18+,45-30+/t40-,42-,43-,44-,46-,47+,50+,51+,53-,54+,55+,56-,58-,59+,67-/m1/s1. The number of piperidine rings is 1. The number of aliphatic hydroxyl groups excluding tert-OH is 2. The van der Waals surface area contributed by atoms with Gasteiger partial charge in [-0.05, 0) is 114 Å². The third-order valence-corrected chi connectivity index (χ3v) is 18.7. The smallest absolute Gasteiger partial charge is 0.407 e. The fourth-order valence-electron chi connectivity index (χ4n) is 12.9. The van der Waals surface area contributed by atoms with Gasteiger partial charge in [-0.2, -0.15) is 0 Å². The number of hydrogen-bond donors (Lipinski definition) is 5. The third-order valence-electron chi connectivity index (χ3n) is 18.7. The van der Waals surface area contributed by atoms with Crippen LogP contribution in [-0.2, 0) is 54.2 Å². The molecule has 91 heavy (non-hydrogen) atoms. The van der Waals surface area contributed by atoms with Crippen molar-refractivity contribution >= 4 is 53.1 Å². The molecule has 2 aromatic heterocycles. The van der Waals surface area contributed by atoms with Crippen LogP contribution in [0.1, 0.15) is 148 Å². The zero-order valence-electron chi connectivity index (χ0n) is 54.7. The number of carbonyl (C=O) groups excluding carboxylic acids is 7. The summed E-state index contributed by atoms with van der Waals surface area (Å²) in [5, 5.41) is 40.1. The number of ketones is 3. The SMILES string of the molecule is CCNC(=O)c1cnc(N2CCN(c3ncc(CNC(=O)O[C@@H]4CC[C@@H](C[C@@H](C)[C@@H]5CC(=O)[C@H](C)/C=C(\C)[C@@H](O)[C@@H](O)C(=O)[C@H](C)C[C@H](C)/C=C/C=C/C=C(\C)[C@@H](OC)C[C@@H]6CC[C@@H](C)[C@@](O)(O6)C(=O)C(=O)N6CCCC[C@H]6C(=O)O5)C[C@H]4OC)cn3)CC2)nc1. The summed E-state index contributed by atoms with van der Waals surface area (Å²) in [4.78, 5) is 120. The van der Waals surface area contributed by atoms with Crippen molar-refractivity contribution < 1.29 is 72.6 Å². The molecule has 24 heteroatoms. The van der Waals surface area contributed by atoms with E-state index in [9.17, 15) is 48.9 Å². The summed E-state index contributed by atoms with van der Waals surface area (Å²) in [5.41, 5.74) is 2.11. The van der Waals surface area contributed by atoms with E-state index in [4.69, 9.17) is 23.7 Å². The molecular weight excluding hydrogens is 1170 g/mol. The first kappa shape index (κ1) is 71.6. The molecule has 15 atom stereocenters. The number of aliphatic hydroxyl groups is 3. The van der Waals surface area contributed by atoms with Gasteiger partial charge in [0.2, 0.25) is 17.7 Å². The number of nitrogens with one attached hydrogen (secondary N) is 2. The summed E-state index contributed by atoms with van der Waals surface area (Å²) in [6, 6.07) is -1.22. The molecule has 0 spiro atoms. The second-order valence-electron chi connectivity index (χ2n) is 25.6. The monoisotopic (exact) mass is 1270 g/mol. The summed E-state index contributed by atoms with van der Waals surface area (Å²) >= 11 is 0. The number of amides is 3. The molecule has 7 rings (SSSR count). The Balaban J connectivity index is 1.01. The first-order valence-electron chi connectivity index (χ1n) is 32.4. The number of fused-ring (bicyclic) bond motifs is 3. The van der Waals surface area contributed by atoms with Crippen LogP contribution in [0.25, 0.3) is 0 Å². The highest BCUT2D eigenvalue weighted by atomic mass is 16.6. The number of hydrogen-bond acceptors (Lipinski definition) is 21. The quantitative estimate of drug-likeness (QED) is 0.0908. The highest BCUT2D eigenvalue weighted by molar-refractivity contribution is 6.39. The van der Waals surface area contributed by atoms with Gasteiger partial charge in [-0.1, -0.05) is 71.1 Å². The first-order valence-corrected chi connectivity index (χ1v) is 32.4. The minimum atomic E-state index is -2.48. The van der Waals surface area contributed by atoms with Crippen molar-refractivity contribution in [3.63, 3.8) is 0 Å². The van der Waals surface area contributed by atoms with Crippen LogP contribution in [-0.4, -0.2) is 189 Å². The lowest BCUT2D eigenvalue weighted by atomic mass is 9.78. The van der Waals surface area contributed by atoms with Gasteiger partial charge in [-0.25, -0.2) is 29.5 Å². The van der Waals surface area contributed by atoms with E-state index in [0.717, 1.165) is 10.5 Å².